The second kappa shape index (κ2) is 6.55. The Balaban J connectivity index is 1.42. The van der Waals surface area contributed by atoms with Crippen molar-refractivity contribution in [3.8, 4) is 11.5 Å². The molecule has 1 fully saturated rings. The minimum atomic E-state index is 0.255. The van der Waals surface area contributed by atoms with Crippen molar-refractivity contribution < 1.29 is 9.47 Å². The maximum absolute atomic E-state index is 6.28. The first-order valence-electron chi connectivity index (χ1n) is 7.74. The standard InChI is InChI=1S/C16H18ClN3O2S/c17-13-8-12(9-14-15(13)22-11-21-14)10-19-3-1-4-20(6-5-19)16-18-2-7-23-16/h2,7-9H,1,3-6,10-11H2. The lowest BCUT2D eigenvalue weighted by Gasteiger charge is -2.21. The van der Waals surface area contributed by atoms with Gasteiger partial charge in [-0.1, -0.05) is 11.6 Å². The quantitative estimate of drug-likeness (QED) is 0.848. The third-order valence-electron chi connectivity index (χ3n) is 4.17. The van der Waals surface area contributed by atoms with E-state index >= 15 is 0 Å². The van der Waals surface area contributed by atoms with Crippen LogP contribution in [0.3, 0.4) is 0 Å². The summed E-state index contributed by atoms with van der Waals surface area (Å²) in [6, 6.07) is 4.02. The van der Waals surface area contributed by atoms with E-state index < -0.39 is 0 Å². The molecule has 3 heterocycles. The molecule has 0 spiro atoms. The average molecular weight is 352 g/mol. The Hall–Kier alpha value is -1.50. The molecular weight excluding hydrogens is 334 g/mol. The van der Waals surface area contributed by atoms with Crippen molar-refractivity contribution in [1.29, 1.82) is 0 Å². The Morgan fingerprint density at radius 1 is 1.17 bits per heavy atom. The second-order valence-electron chi connectivity index (χ2n) is 5.74. The van der Waals surface area contributed by atoms with Crippen LogP contribution >= 0.6 is 22.9 Å². The number of fused-ring (bicyclic) bond motifs is 1. The highest BCUT2D eigenvalue weighted by atomic mass is 35.5. The van der Waals surface area contributed by atoms with Gasteiger partial charge in [-0.3, -0.25) is 4.90 Å². The van der Waals surface area contributed by atoms with Crippen LogP contribution in [-0.4, -0.2) is 42.9 Å². The van der Waals surface area contributed by atoms with Gasteiger partial charge in [0.25, 0.3) is 0 Å². The van der Waals surface area contributed by atoms with Gasteiger partial charge in [-0.05, 0) is 24.1 Å². The molecule has 2 aromatic rings. The molecule has 0 saturated carbocycles. The fourth-order valence-corrected chi connectivity index (χ4v) is 4.05. The monoisotopic (exact) mass is 351 g/mol. The summed E-state index contributed by atoms with van der Waals surface area (Å²) in [5.41, 5.74) is 1.17. The van der Waals surface area contributed by atoms with Gasteiger partial charge in [0, 0.05) is 44.3 Å². The van der Waals surface area contributed by atoms with Crippen LogP contribution in [-0.2, 0) is 6.54 Å². The van der Waals surface area contributed by atoms with E-state index in [2.05, 4.69) is 14.8 Å². The summed E-state index contributed by atoms with van der Waals surface area (Å²) in [4.78, 5) is 9.25. The van der Waals surface area contributed by atoms with E-state index in [1.807, 2.05) is 23.7 Å². The third kappa shape index (κ3) is 3.24. The summed E-state index contributed by atoms with van der Waals surface area (Å²) in [6.45, 7) is 5.30. The summed E-state index contributed by atoms with van der Waals surface area (Å²) in [6.07, 6.45) is 3.01. The van der Waals surface area contributed by atoms with Crippen molar-refractivity contribution in [1.82, 2.24) is 9.88 Å². The number of aromatic nitrogens is 1. The molecule has 0 bridgehead atoms. The first-order chi connectivity index (χ1) is 11.3. The van der Waals surface area contributed by atoms with Crippen LogP contribution in [0, 0.1) is 0 Å². The van der Waals surface area contributed by atoms with Crippen molar-refractivity contribution in [3.63, 3.8) is 0 Å². The largest absolute Gasteiger partial charge is 0.454 e. The Morgan fingerprint density at radius 3 is 3.00 bits per heavy atom. The Morgan fingerprint density at radius 2 is 2.13 bits per heavy atom. The number of hydrogen-bond acceptors (Lipinski definition) is 6. The molecule has 1 saturated heterocycles. The molecule has 122 valence electrons. The lowest BCUT2D eigenvalue weighted by atomic mass is 10.2. The van der Waals surface area contributed by atoms with Crippen LogP contribution in [0.5, 0.6) is 11.5 Å². The van der Waals surface area contributed by atoms with E-state index in [0.29, 0.717) is 10.8 Å². The number of anilines is 1. The van der Waals surface area contributed by atoms with Crippen LogP contribution in [0.2, 0.25) is 5.02 Å². The van der Waals surface area contributed by atoms with Crippen LogP contribution in [0.4, 0.5) is 5.13 Å². The van der Waals surface area contributed by atoms with Crippen molar-refractivity contribution >= 4 is 28.1 Å². The highest BCUT2D eigenvalue weighted by Crippen LogP contribution is 2.40. The molecule has 7 heteroatoms. The van der Waals surface area contributed by atoms with Gasteiger partial charge in [0.2, 0.25) is 6.79 Å². The molecule has 0 atom stereocenters. The highest BCUT2D eigenvalue weighted by molar-refractivity contribution is 7.13. The molecule has 23 heavy (non-hydrogen) atoms. The van der Waals surface area contributed by atoms with E-state index in [4.69, 9.17) is 21.1 Å². The van der Waals surface area contributed by atoms with Crippen LogP contribution in [0.25, 0.3) is 0 Å². The van der Waals surface area contributed by atoms with E-state index in [1.54, 1.807) is 11.3 Å². The fraction of sp³-hybridized carbons (Fsp3) is 0.438. The summed E-state index contributed by atoms with van der Waals surface area (Å²) in [7, 11) is 0. The maximum atomic E-state index is 6.28. The predicted octanol–water partition coefficient (Wildman–Crippen LogP) is 3.24. The van der Waals surface area contributed by atoms with Crippen LogP contribution in [0.15, 0.2) is 23.7 Å². The first kappa shape index (κ1) is 15.1. The molecular formula is C16H18ClN3O2S. The van der Waals surface area contributed by atoms with Crippen molar-refractivity contribution in [2.45, 2.75) is 13.0 Å². The fourth-order valence-electron chi connectivity index (χ4n) is 3.06. The number of hydrogen-bond donors (Lipinski definition) is 0. The Labute approximate surface area is 144 Å². The molecule has 1 aromatic heterocycles. The highest BCUT2D eigenvalue weighted by Gasteiger charge is 2.21. The molecule has 0 aliphatic carbocycles. The summed E-state index contributed by atoms with van der Waals surface area (Å²) < 4.78 is 10.8. The lowest BCUT2D eigenvalue weighted by molar-refractivity contribution is 0.174. The van der Waals surface area contributed by atoms with Gasteiger partial charge in [0.1, 0.15) is 0 Å². The van der Waals surface area contributed by atoms with E-state index in [1.165, 1.54) is 5.56 Å². The number of rotatable bonds is 3. The summed E-state index contributed by atoms with van der Waals surface area (Å²) >= 11 is 7.98. The maximum Gasteiger partial charge on any atom is 0.231 e. The molecule has 2 aliphatic heterocycles. The SMILES string of the molecule is Clc1cc(CN2CCCN(c3nccs3)CC2)cc2c1OCO2. The predicted molar refractivity (Wildman–Crippen MR) is 91.8 cm³/mol. The van der Waals surface area contributed by atoms with Crippen LogP contribution in [0.1, 0.15) is 12.0 Å². The normalized spacial score (nSPS) is 18.2. The Bertz CT molecular complexity index is 680. The third-order valence-corrected chi connectivity index (χ3v) is 5.28. The van der Waals surface area contributed by atoms with E-state index in [0.717, 1.165) is 50.0 Å². The first-order valence-corrected chi connectivity index (χ1v) is 9.00. The average Bonchev–Trinajstić information content (AvgIpc) is 3.17. The zero-order valence-electron chi connectivity index (χ0n) is 12.7. The smallest absolute Gasteiger partial charge is 0.231 e. The van der Waals surface area contributed by atoms with Crippen molar-refractivity contribution in [3.05, 3.63) is 34.3 Å². The number of ether oxygens (including phenoxy) is 2. The minimum absolute atomic E-state index is 0.255. The topological polar surface area (TPSA) is 37.8 Å². The number of halogens is 1. The molecule has 0 radical (unpaired) electrons. The number of benzene rings is 1. The number of nitrogens with zero attached hydrogens (tertiary/aromatic N) is 3. The number of thiazole rings is 1. The van der Waals surface area contributed by atoms with Crippen molar-refractivity contribution in [2.75, 3.05) is 37.9 Å². The minimum Gasteiger partial charge on any atom is -0.454 e. The Kier molecular flexibility index (Phi) is 4.29. The molecule has 5 nitrogen and oxygen atoms in total. The van der Waals surface area contributed by atoms with Gasteiger partial charge in [-0.15, -0.1) is 11.3 Å². The van der Waals surface area contributed by atoms with E-state index in [-0.39, 0.29) is 6.79 Å². The molecule has 4 rings (SSSR count). The molecule has 0 unspecified atom stereocenters. The lowest BCUT2D eigenvalue weighted by Crippen LogP contribution is -2.30. The molecule has 2 aliphatic rings. The van der Waals surface area contributed by atoms with Gasteiger partial charge in [-0.25, -0.2) is 4.98 Å². The van der Waals surface area contributed by atoms with Gasteiger partial charge in [-0.2, -0.15) is 0 Å². The van der Waals surface area contributed by atoms with Gasteiger partial charge in [0.05, 0.1) is 5.02 Å². The van der Waals surface area contributed by atoms with Crippen molar-refractivity contribution in [2.24, 2.45) is 0 Å². The van der Waals surface area contributed by atoms with Gasteiger partial charge < -0.3 is 14.4 Å². The van der Waals surface area contributed by atoms with Gasteiger partial charge in [0.15, 0.2) is 16.6 Å². The molecule has 1 aromatic carbocycles. The zero-order chi connectivity index (χ0) is 15.6. The zero-order valence-corrected chi connectivity index (χ0v) is 14.3. The molecule has 0 N–H and O–H groups in total. The van der Waals surface area contributed by atoms with Gasteiger partial charge >= 0.3 is 0 Å². The molecule has 0 amide bonds. The van der Waals surface area contributed by atoms with E-state index in [9.17, 15) is 0 Å². The van der Waals surface area contributed by atoms with Crippen LogP contribution < -0.4 is 14.4 Å². The summed E-state index contributed by atoms with van der Waals surface area (Å²) in [5, 5.41) is 3.79. The summed E-state index contributed by atoms with van der Waals surface area (Å²) in [5.74, 6) is 1.42. The second-order valence-corrected chi connectivity index (χ2v) is 7.02.